The first-order valence-corrected chi connectivity index (χ1v) is 10.8. The molecular weight excluding hydrogens is 522 g/mol. The Morgan fingerprint density at radius 2 is 1.83 bits per heavy atom. The van der Waals surface area contributed by atoms with Gasteiger partial charge in [0.1, 0.15) is 17.7 Å². The molecule has 2 aromatic carbocycles. The molecule has 0 bridgehead atoms. The van der Waals surface area contributed by atoms with Gasteiger partial charge in [-0.3, -0.25) is 4.99 Å². The summed E-state index contributed by atoms with van der Waals surface area (Å²) in [5, 5.41) is 6.33. The number of hydrogen-bond acceptors (Lipinski definition) is 4. The number of sulfonamides is 1. The molecule has 1 unspecified atom stereocenters. The quantitative estimate of drug-likeness (QED) is 0.254. The molecular formula is C20H28FIN4O3S. The Balaban J connectivity index is 0.00000450. The van der Waals surface area contributed by atoms with E-state index in [0.717, 1.165) is 5.56 Å². The van der Waals surface area contributed by atoms with Crippen LogP contribution >= 0.6 is 24.0 Å². The fraction of sp³-hybridized carbons (Fsp3) is 0.350. The summed E-state index contributed by atoms with van der Waals surface area (Å²) in [6.07, 6.45) is -0.203. The van der Waals surface area contributed by atoms with Gasteiger partial charge in [0, 0.05) is 19.7 Å². The van der Waals surface area contributed by atoms with Crippen molar-refractivity contribution in [2.45, 2.75) is 25.3 Å². The average Bonchev–Trinajstić information content (AvgIpc) is 2.68. The molecule has 0 heterocycles. The van der Waals surface area contributed by atoms with Crippen LogP contribution in [0.4, 0.5) is 4.39 Å². The molecule has 10 heteroatoms. The van der Waals surface area contributed by atoms with Crippen molar-refractivity contribution in [1.29, 1.82) is 0 Å². The topological polar surface area (TPSA) is 91.8 Å². The smallest absolute Gasteiger partial charge is 0.215 e. The second-order valence-electron chi connectivity index (χ2n) is 6.48. The van der Waals surface area contributed by atoms with Crippen molar-refractivity contribution in [2.75, 3.05) is 20.6 Å². The molecule has 0 spiro atoms. The molecule has 0 aromatic heterocycles. The Bertz CT molecular complexity index is 941. The van der Waals surface area contributed by atoms with Crippen LogP contribution in [0, 0.1) is 5.82 Å². The lowest BCUT2D eigenvalue weighted by Gasteiger charge is -2.18. The van der Waals surface area contributed by atoms with Crippen LogP contribution in [0.1, 0.15) is 18.1 Å². The number of nitrogens with zero attached hydrogens (tertiary/aromatic N) is 1. The van der Waals surface area contributed by atoms with Gasteiger partial charge in [0.05, 0.1) is 12.3 Å². The molecule has 3 N–H and O–H groups in total. The van der Waals surface area contributed by atoms with E-state index >= 15 is 0 Å². The molecule has 0 radical (unpaired) electrons. The summed E-state index contributed by atoms with van der Waals surface area (Å²) < 4.78 is 44.6. The van der Waals surface area contributed by atoms with Crippen molar-refractivity contribution in [3.05, 3.63) is 65.5 Å². The standard InChI is InChI=1S/C20H27FN4O3S.HI/c1-15(28-19-9-5-8-18(21)11-19)12-24-20(22-2)25-13-16-6-4-7-17(10-16)14-29(26,27)23-3;/h4-11,15,23H,12-14H2,1-3H3,(H2,22,24,25);1H. The van der Waals surface area contributed by atoms with Gasteiger partial charge in [-0.15, -0.1) is 24.0 Å². The summed E-state index contributed by atoms with van der Waals surface area (Å²) >= 11 is 0. The summed E-state index contributed by atoms with van der Waals surface area (Å²) in [5.74, 6) is 0.632. The van der Waals surface area contributed by atoms with Crippen molar-refractivity contribution >= 4 is 40.0 Å². The number of ether oxygens (including phenoxy) is 1. The van der Waals surface area contributed by atoms with Crippen LogP contribution in [0.3, 0.4) is 0 Å². The zero-order valence-corrected chi connectivity index (χ0v) is 20.3. The number of hydrogen-bond donors (Lipinski definition) is 3. The minimum Gasteiger partial charge on any atom is -0.489 e. The van der Waals surface area contributed by atoms with Crippen molar-refractivity contribution in [2.24, 2.45) is 4.99 Å². The molecule has 7 nitrogen and oxygen atoms in total. The van der Waals surface area contributed by atoms with E-state index in [0.29, 0.717) is 30.4 Å². The third kappa shape index (κ3) is 9.26. The van der Waals surface area contributed by atoms with Crippen molar-refractivity contribution in [1.82, 2.24) is 15.4 Å². The Labute approximate surface area is 194 Å². The third-order valence-corrected chi connectivity index (χ3v) is 5.37. The Kier molecular flexibility index (Phi) is 11.1. The van der Waals surface area contributed by atoms with E-state index in [-0.39, 0.29) is 41.7 Å². The van der Waals surface area contributed by atoms with E-state index < -0.39 is 10.0 Å². The number of benzene rings is 2. The number of nitrogens with one attached hydrogen (secondary N) is 3. The lowest BCUT2D eigenvalue weighted by Crippen LogP contribution is -2.41. The highest BCUT2D eigenvalue weighted by Crippen LogP contribution is 2.13. The molecule has 0 aliphatic rings. The minimum atomic E-state index is -3.32. The molecule has 1 atom stereocenters. The van der Waals surface area contributed by atoms with Gasteiger partial charge in [-0.25, -0.2) is 17.5 Å². The molecule has 166 valence electrons. The second-order valence-corrected chi connectivity index (χ2v) is 8.40. The monoisotopic (exact) mass is 550 g/mol. The van der Waals surface area contributed by atoms with Gasteiger partial charge in [0.25, 0.3) is 0 Å². The van der Waals surface area contributed by atoms with Gasteiger partial charge >= 0.3 is 0 Å². The summed E-state index contributed by atoms with van der Waals surface area (Å²) in [4.78, 5) is 4.16. The number of halogens is 2. The minimum absolute atomic E-state index is 0. The van der Waals surface area contributed by atoms with Gasteiger partial charge in [0.15, 0.2) is 5.96 Å². The molecule has 0 fully saturated rings. The SMILES string of the molecule is CN=C(NCc1cccc(CS(=O)(=O)NC)c1)NCC(C)Oc1cccc(F)c1.I. The third-order valence-electron chi connectivity index (χ3n) is 4.03. The molecule has 2 aromatic rings. The molecule has 0 amide bonds. The lowest BCUT2D eigenvalue weighted by molar-refractivity contribution is 0.223. The predicted molar refractivity (Wildman–Crippen MR) is 128 cm³/mol. The first-order chi connectivity index (χ1) is 13.8. The zero-order valence-electron chi connectivity index (χ0n) is 17.2. The highest BCUT2D eigenvalue weighted by Gasteiger charge is 2.10. The van der Waals surface area contributed by atoms with Gasteiger partial charge < -0.3 is 15.4 Å². The fourth-order valence-electron chi connectivity index (χ4n) is 2.58. The highest BCUT2D eigenvalue weighted by atomic mass is 127. The first kappa shape index (κ1) is 26.1. The van der Waals surface area contributed by atoms with Crippen LogP contribution < -0.4 is 20.1 Å². The normalized spacial score (nSPS) is 12.6. The summed E-state index contributed by atoms with van der Waals surface area (Å²) in [5.41, 5.74) is 1.64. The van der Waals surface area contributed by atoms with E-state index in [4.69, 9.17) is 4.74 Å². The van der Waals surface area contributed by atoms with Gasteiger partial charge in [-0.2, -0.15) is 0 Å². The van der Waals surface area contributed by atoms with Gasteiger partial charge in [0.2, 0.25) is 10.0 Å². The first-order valence-electron chi connectivity index (χ1n) is 9.17. The largest absolute Gasteiger partial charge is 0.489 e. The maximum Gasteiger partial charge on any atom is 0.215 e. The number of aliphatic imine (C=N–C) groups is 1. The van der Waals surface area contributed by atoms with E-state index in [2.05, 4.69) is 20.3 Å². The highest BCUT2D eigenvalue weighted by molar-refractivity contribution is 14.0. The second kappa shape index (κ2) is 12.7. The average molecular weight is 550 g/mol. The van der Waals surface area contributed by atoms with Crippen LogP contribution in [0.15, 0.2) is 53.5 Å². The maximum absolute atomic E-state index is 13.2. The van der Waals surface area contributed by atoms with Crippen LogP contribution in [-0.4, -0.2) is 41.1 Å². The summed E-state index contributed by atoms with van der Waals surface area (Å²) in [6.45, 7) is 2.82. The van der Waals surface area contributed by atoms with Gasteiger partial charge in [-0.05, 0) is 37.2 Å². The molecule has 30 heavy (non-hydrogen) atoms. The Hall–Kier alpha value is -1.92. The van der Waals surface area contributed by atoms with E-state index in [9.17, 15) is 12.8 Å². The van der Waals surface area contributed by atoms with Crippen LogP contribution in [0.2, 0.25) is 0 Å². The summed E-state index contributed by atoms with van der Waals surface area (Å²) in [6, 6.07) is 13.3. The molecule has 0 saturated heterocycles. The Morgan fingerprint density at radius 3 is 2.50 bits per heavy atom. The van der Waals surface area contributed by atoms with Crippen molar-refractivity contribution in [3.8, 4) is 5.75 Å². The molecule has 2 rings (SSSR count). The van der Waals surface area contributed by atoms with Gasteiger partial charge in [-0.1, -0.05) is 30.3 Å². The van der Waals surface area contributed by atoms with E-state index in [1.807, 2.05) is 25.1 Å². The molecule has 0 saturated carbocycles. The van der Waals surface area contributed by atoms with Crippen molar-refractivity contribution < 1.29 is 17.5 Å². The molecule has 0 aliphatic heterocycles. The summed E-state index contributed by atoms with van der Waals surface area (Å²) in [7, 11) is -0.262. The van der Waals surface area contributed by atoms with Crippen molar-refractivity contribution in [3.63, 3.8) is 0 Å². The Morgan fingerprint density at radius 1 is 1.13 bits per heavy atom. The molecule has 0 aliphatic carbocycles. The predicted octanol–water partition coefficient (Wildman–Crippen LogP) is 2.63. The van der Waals surface area contributed by atoms with Crippen LogP contribution in [0.5, 0.6) is 5.75 Å². The van der Waals surface area contributed by atoms with E-state index in [1.54, 1.807) is 25.2 Å². The van der Waals surface area contributed by atoms with Crippen LogP contribution in [0.25, 0.3) is 0 Å². The zero-order chi connectivity index (χ0) is 21.3. The van der Waals surface area contributed by atoms with E-state index in [1.165, 1.54) is 19.2 Å². The maximum atomic E-state index is 13.2. The number of guanidine groups is 1. The van der Waals surface area contributed by atoms with Crippen LogP contribution in [-0.2, 0) is 22.3 Å². The fourth-order valence-corrected chi connectivity index (χ4v) is 3.34. The lowest BCUT2D eigenvalue weighted by atomic mass is 10.1. The number of rotatable bonds is 9.